The van der Waals surface area contributed by atoms with E-state index >= 15 is 0 Å². The number of aliphatic hydroxyl groups excluding tert-OH is 1. The SMILES string of the molecule is CCCc1cc(C(=O)NCC(CC)(CC)CO)sc1C. The van der Waals surface area contributed by atoms with E-state index in [1.54, 1.807) is 11.3 Å². The number of hydrogen-bond donors (Lipinski definition) is 2. The summed E-state index contributed by atoms with van der Waals surface area (Å²) < 4.78 is 0. The van der Waals surface area contributed by atoms with Gasteiger partial charge in [0.2, 0.25) is 0 Å². The largest absolute Gasteiger partial charge is 0.396 e. The molecule has 1 heterocycles. The Bertz CT molecular complexity index is 427. The summed E-state index contributed by atoms with van der Waals surface area (Å²) in [4.78, 5) is 14.2. The van der Waals surface area contributed by atoms with Crippen LogP contribution in [0.5, 0.6) is 0 Å². The second kappa shape index (κ2) is 7.79. The first-order chi connectivity index (χ1) is 9.51. The molecule has 1 aromatic heterocycles. The lowest BCUT2D eigenvalue weighted by atomic mass is 9.83. The molecular formula is C16H27NO2S. The summed E-state index contributed by atoms with van der Waals surface area (Å²) in [7, 11) is 0. The lowest BCUT2D eigenvalue weighted by molar-refractivity contribution is 0.0854. The van der Waals surface area contributed by atoms with Crippen LogP contribution in [0.4, 0.5) is 0 Å². The maximum Gasteiger partial charge on any atom is 0.261 e. The molecule has 0 fully saturated rings. The van der Waals surface area contributed by atoms with Crippen LogP contribution in [0.15, 0.2) is 6.07 Å². The van der Waals surface area contributed by atoms with E-state index < -0.39 is 0 Å². The quantitative estimate of drug-likeness (QED) is 0.771. The molecule has 0 saturated heterocycles. The van der Waals surface area contributed by atoms with Crippen LogP contribution in [0, 0.1) is 12.3 Å². The first-order valence-electron chi connectivity index (χ1n) is 7.50. The number of carbonyl (C=O) groups excluding carboxylic acids is 1. The van der Waals surface area contributed by atoms with Gasteiger partial charge in [-0.05, 0) is 37.8 Å². The van der Waals surface area contributed by atoms with E-state index in [9.17, 15) is 9.90 Å². The highest BCUT2D eigenvalue weighted by molar-refractivity contribution is 7.14. The van der Waals surface area contributed by atoms with Crippen molar-refractivity contribution in [2.24, 2.45) is 5.41 Å². The molecule has 3 nitrogen and oxygen atoms in total. The molecule has 1 amide bonds. The van der Waals surface area contributed by atoms with Gasteiger partial charge in [-0.25, -0.2) is 0 Å². The minimum atomic E-state index is -0.186. The van der Waals surface area contributed by atoms with Gasteiger partial charge in [0, 0.05) is 16.8 Å². The van der Waals surface area contributed by atoms with Crippen molar-refractivity contribution in [1.82, 2.24) is 5.32 Å². The molecule has 0 aliphatic heterocycles. The number of aryl methyl sites for hydroxylation is 2. The van der Waals surface area contributed by atoms with Gasteiger partial charge >= 0.3 is 0 Å². The minimum absolute atomic E-state index is 0.0137. The lowest BCUT2D eigenvalue weighted by Crippen LogP contribution is -2.39. The van der Waals surface area contributed by atoms with Crippen LogP contribution in [0.3, 0.4) is 0 Å². The highest BCUT2D eigenvalue weighted by Gasteiger charge is 2.26. The molecule has 0 aliphatic rings. The van der Waals surface area contributed by atoms with Gasteiger partial charge in [0.15, 0.2) is 0 Å². The molecule has 0 radical (unpaired) electrons. The van der Waals surface area contributed by atoms with Crippen molar-refractivity contribution in [2.45, 2.75) is 53.4 Å². The van der Waals surface area contributed by atoms with Crippen LogP contribution < -0.4 is 5.32 Å². The van der Waals surface area contributed by atoms with Crippen LogP contribution in [0.1, 0.15) is 60.1 Å². The van der Waals surface area contributed by atoms with E-state index in [-0.39, 0.29) is 17.9 Å². The second-order valence-electron chi connectivity index (χ2n) is 5.49. The van der Waals surface area contributed by atoms with Crippen molar-refractivity contribution < 1.29 is 9.90 Å². The van der Waals surface area contributed by atoms with Gasteiger partial charge in [0.1, 0.15) is 0 Å². The molecule has 0 unspecified atom stereocenters. The number of carbonyl (C=O) groups is 1. The van der Waals surface area contributed by atoms with Crippen molar-refractivity contribution in [2.75, 3.05) is 13.2 Å². The zero-order chi connectivity index (χ0) is 15.2. The first-order valence-corrected chi connectivity index (χ1v) is 8.32. The van der Waals surface area contributed by atoms with Crippen molar-refractivity contribution in [3.05, 3.63) is 21.4 Å². The van der Waals surface area contributed by atoms with Crippen LogP contribution in [0.25, 0.3) is 0 Å². The van der Waals surface area contributed by atoms with Crippen LogP contribution in [0.2, 0.25) is 0 Å². The summed E-state index contributed by atoms with van der Waals surface area (Å²) in [6.45, 7) is 8.98. The maximum absolute atomic E-state index is 12.2. The molecule has 114 valence electrons. The normalized spacial score (nSPS) is 11.7. The van der Waals surface area contributed by atoms with Crippen LogP contribution in [-0.4, -0.2) is 24.2 Å². The molecule has 0 bridgehead atoms. The molecule has 20 heavy (non-hydrogen) atoms. The molecule has 0 spiro atoms. The van der Waals surface area contributed by atoms with Gasteiger partial charge < -0.3 is 10.4 Å². The Hall–Kier alpha value is -0.870. The standard InChI is InChI=1S/C16H27NO2S/c1-5-8-13-9-14(20-12(13)4)15(19)17-10-16(6-2,7-3)11-18/h9,18H,5-8,10-11H2,1-4H3,(H,17,19). The van der Waals surface area contributed by atoms with E-state index in [0.29, 0.717) is 6.54 Å². The Morgan fingerprint density at radius 2 is 2.00 bits per heavy atom. The minimum Gasteiger partial charge on any atom is -0.396 e. The first kappa shape index (κ1) is 17.2. The van der Waals surface area contributed by atoms with Crippen molar-refractivity contribution in [3.8, 4) is 0 Å². The van der Waals surface area contributed by atoms with Crippen LogP contribution >= 0.6 is 11.3 Å². The fourth-order valence-corrected chi connectivity index (χ4v) is 3.27. The van der Waals surface area contributed by atoms with Crippen molar-refractivity contribution in [1.29, 1.82) is 0 Å². The van der Waals surface area contributed by atoms with Gasteiger partial charge in [-0.15, -0.1) is 11.3 Å². The fourth-order valence-electron chi connectivity index (χ4n) is 2.28. The molecule has 4 heteroatoms. The summed E-state index contributed by atoms with van der Waals surface area (Å²) in [5.41, 5.74) is 1.09. The van der Waals surface area contributed by atoms with Crippen molar-refractivity contribution in [3.63, 3.8) is 0 Å². The Balaban J connectivity index is 2.69. The van der Waals surface area contributed by atoms with E-state index in [0.717, 1.165) is 30.6 Å². The van der Waals surface area contributed by atoms with Crippen LogP contribution in [-0.2, 0) is 6.42 Å². The number of amides is 1. The Labute approximate surface area is 126 Å². The van der Waals surface area contributed by atoms with Gasteiger partial charge in [0.25, 0.3) is 5.91 Å². The Morgan fingerprint density at radius 1 is 1.35 bits per heavy atom. The summed E-state index contributed by atoms with van der Waals surface area (Å²) in [6, 6.07) is 2.01. The van der Waals surface area contributed by atoms with Gasteiger partial charge in [-0.1, -0.05) is 27.2 Å². The van der Waals surface area contributed by atoms with Crippen molar-refractivity contribution >= 4 is 17.2 Å². The third kappa shape index (κ3) is 4.06. The summed E-state index contributed by atoms with van der Waals surface area (Å²) in [5, 5.41) is 12.5. The van der Waals surface area contributed by atoms with Gasteiger partial charge in [-0.2, -0.15) is 0 Å². The molecular weight excluding hydrogens is 270 g/mol. The average Bonchev–Trinajstić information content (AvgIpc) is 2.83. The number of rotatable bonds is 8. The number of aliphatic hydroxyl groups is 1. The monoisotopic (exact) mass is 297 g/mol. The smallest absolute Gasteiger partial charge is 0.261 e. The molecule has 2 N–H and O–H groups in total. The predicted molar refractivity (Wildman–Crippen MR) is 85.5 cm³/mol. The highest BCUT2D eigenvalue weighted by atomic mass is 32.1. The van der Waals surface area contributed by atoms with Gasteiger partial charge in [-0.3, -0.25) is 4.79 Å². The third-order valence-corrected chi connectivity index (χ3v) is 5.31. The molecule has 1 rings (SSSR count). The second-order valence-corrected chi connectivity index (χ2v) is 6.75. The maximum atomic E-state index is 12.2. The summed E-state index contributed by atoms with van der Waals surface area (Å²) >= 11 is 1.56. The number of hydrogen-bond acceptors (Lipinski definition) is 3. The van der Waals surface area contributed by atoms with E-state index in [1.165, 1.54) is 10.4 Å². The van der Waals surface area contributed by atoms with Gasteiger partial charge in [0.05, 0.1) is 11.5 Å². The third-order valence-electron chi connectivity index (χ3n) is 4.22. The number of nitrogens with one attached hydrogen (secondary N) is 1. The highest BCUT2D eigenvalue weighted by Crippen LogP contribution is 2.26. The lowest BCUT2D eigenvalue weighted by Gasteiger charge is -2.29. The molecule has 1 aromatic rings. The summed E-state index contributed by atoms with van der Waals surface area (Å²) in [5.74, 6) is -0.0137. The molecule has 0 saturated carbocycles. The topological polar surface area (TPSA) is 49.3 Å². The molecule has 0 aliphatic carbocycles. The number of thiophene rings is 1. The average molecular weight is 297 g/mol. The molecule has 0 aromatic carbocycles. The molecule has 0 atom stereocenters. The fraction of sp³-hybridized carbons (Fsp3) is 0.688. The summed E-state index contributed by atoms with van der Waals surface area (Å²) in [6.07, 6.45) is 3.85. The van der Waals surface area contributed by atoms with E-state index in [1.807, 2.05) is 6.07 Å². The zero-order valence-electron chi connectivity index (χ0n) is 13.1. The van der Waals surface area contributed by atoms with E-state index in [2.05, 4.69) is 33.0 Å². The Morgan fingerprint density at radius 3 is 2.50 bits per heavy atom. The van der Waals surface area contributed by atoms with E-state index in [4.69, 9.17) is 0 Å². The predicted octanol–water partition coefficient (Wildman–Crippen LogP) is 3.54. The zero-order valence-corrected chi connectivity index (χ0v) is 13.9. The Kier molecular flexibility index (Phi) is 6.69.